The van der Waals surface area contributed by atoms with Gasteiger partial charge in [-0.3, -0.25) is 28.8 Å². The number of ketones is 2. The summed E-state index contributed by atoms with van der Waals surface area (Å²) in [7, 11) is 0. The zero-order chi connectivity index (χ0) is 40.7. The number of Topliss-reactive ketones (excluding diaryl/α,β-unsaturated/α-hetero) is 2. The molecule has 0 amide bonds. The number of carbonyl (C=O) groups is 6. The van der Waals surface area contributed by atoms with Crippen LogP contribution in [0.3, 0.4) is 0 Å². The predicted octanol–water partition coefficient (Wildman–Crippen LogP) is 10.4. The number of thiophene rings is 2. The molecule has 0 saturated heterocycles. The average molecular weight is 839 g/mol. The third-order valence-electron chi connectivity index (χ3n) is 10.3. The topological polar surface area (TPSA) is 130 Å². The monoisotopic (exact) mass is 838 g/mol. The van der Waals surface area contributed by atoms with Crippen molar-refractivity contribution in [3.63, 3.8) is 0 Å². The first kappa shape index (κ1) is 48.8. The highest BCUT2D eigenvalue weighted by atomic mass is 32.1. The number of ether oxygens (including phenoxy) is 3. The second-order valence-corrected chi connectivity index (χ2v) is 17.2. The average Bonchev–Trinajstić information content (AvgIpc) is 3.91. The van der Waals surface area contributed by atoms with Crippen LogP contribution in [0.1, 0.15) is 150 Å². The fourth-order valence-corrected chi connectivity index (χ4v) is 8.69. The largest absolute Gasteiger partial charge is 0.465 e. The van der Waals surface area contributed by atoms with Gasteiger partial charge < -0.3 is 14.2 Å². The van der Waals surface area contributed by atoms with E-state index in [2.05, 4.69) is 39.1 Å². The zero-order valence-corrected chi connectivity index (χ0v) is 36.6. The van der Waals surface area contributed by atoms with Crippen LogP contribution in [0.15, 0.2) is 35.0 Å². The van der Waals surface area contributed by atoms with E-state index >= 15 is 0 Å². The molecule has 9 nitrogen and oxygen atoms in total. The van der Waals surface area contributed by atoms with E-state index in [9.17, 15) is 28.8 Å². The van der Waals surface area contributed by atoms with Gasteiger partial charge in [0.05, 0.1) is 34.8 Å². The van der Waals surface area contributed by atoms with Gasteiger partial charge in [-0.1, -0.05) is 90.2 Å². The van der Waals surface area contributed by atoms with Gasteiger partial charge in [0, 0.05) is 13.2 Å². The maximum absolute atomic E-state index is 13.7. The van der Waals surface area contributed by atoms with Crippen LogP contribution in [-0.2, 0) is 33.4 Å². The number of unbranched alkanes of at least 4 members (excludes halogenated alkanes) is 10. The van der Waals surface area contributed by atoms with Crippen LogP contribution >= 0.6 is 47.9 Å². The molecule has 0 bridgehead atoms. The van der Waals surface area contributed by atoms with Gasteiger partial charge in [0.1, 0.15) is 10.8 Å². The predicted molar refractivity (Wildman–Crippen MR) is 226 cm³/mol. The van der Waals surface area contributed by atoms with Gasteiger partial charge in [0.2, 0.25) is 0 Å². The maximum atomic E-state index is 13.7. The minimum atomic E-state index is -1.74. The molecule has 308 valence electrons. The molecule has 13 heteroatoms. The molecule has 2 aromatic rings. The highest BCUT2D eigenvalue weighted by Gasteiger charge is 2.52. The van der Waals surface area contributed by atoms with Crippen LogP contribution < -0.4 is 0 Å². The second-order valence-electron chi connectivity index (χ2n) is 14.5. The summed E-state index contributed by atoms with van der Waals surface area (Å²) >= 11 is 10.6. The summed E-state index contributed by atoms with van der Waals surface area (Å²) < 4.78 is 17.2. The lowest BCUT2D eigenvalue weighted by Gasteiger charge is -2.32. The van der Waals surface area contributed by atoms with Gasteiger partial charge >= 0.3 is 11.9 Å². The number of carbonyl (C=O) groups excluding carboxylic acids is 6. The normalized spacial score (nSPS) is 14.7. The van der Waals surface area contributed by atoms with E-state index in [0.29, 0.717) is 35.4 Å². The molecule has 2 heterocycles. The molecule has 0 N–H and O–H groups in total. The van der Waals surface area contributed by atoms with Crippen molar-refractivity contribution in [3.8, 4) is 0 Å². The quantitative estimate of drug-likeness (QED) is 0.0243. The van der Waals surface area contributed by atoms with E-state index in [1.54, 1.807) is 35.0 Å². The summed E-state index contributed by atoms with van der Waals surface area (Å²) in [5.74, 6) is -4.33. The number of esters is 2. The van der Waals surface area contributed by atoms with Gasteiger partial charge in [-0.25, -0.2) is 0 Å². The van der Waals surface area contributed by atoms with Gasteiger partial charge in [0.15, 0.2) is 21.8 Å². The number of thiol groups is 2. The first-order valence-corrected chi connectivity index (χ1v) is 22.6. The van der Waals surface area contributed by atoms with Gasteiger partial charge in [-0.15, -0.1) is 47.9 Å². The first-order valence-electron chi connectivity index (χ1n) is 19.9. The third kappa shape index (κ3) is 15.2. The van der Waals surface area contributed by atoms with E-state index in [1.165, 1.54) is 36.5 Å². The minimum absolute atomic E-state index is 0.143. The van der Waals surface area contributed by atoms with Crippen LogP contribution in [-0.4, -0.2) is 60.2 Å². The molecule has 0 aliphatic rings. The molecule has 55 heavy (non-hydrogen) atoms. The van der Waals surface area contributed by atoms with Crippen molar-refractivity contribution in [1.82, 2.24) is 0 Å². The van der Waals surface area contributed by atoms with Crippen molar-refractivity contribution in [2.45, 2.75) is 130 Å². The molecular formula is C42H62O9S4. The Bertz CT molecular complexity index is 1350. The first-order chi connectivity index (χ1) is 26.4. The molecule has 4 unspecified atom stereocenters. The highest BCUT2D eigenvalue weighted by Crippen LogP contribution is 2.40. The summed E-state index contributed by atoms with van der Waals surface area (Å²) in [6.45, 7) is 8.01. The summed E-state index contributed by atoms with van der Waals surface area (Å²) in [5, 5.41) is 2.06. The van der Waals surface area contributed by atoms with Crippen LogP contribution in [0.25, 0.3) is 0 Å². The van der Waals surface area contributed by atoms with Gasteiger partial charge in [-0.2, -0.15) is 0 Å². The molecular weight excluding hydrogens is 777 g/mol. The van der Waals surface area contributed by atoms with Crippen molar-refractivity contribution < 1.29 is 43.0 Å². The van der Waals surface area contributed by atoms with E-state index in [1.807, 2.05) is 0 Å². The van der Waals surface area contributed by atoms with Crippen molar-refractivity contribution in [2.75, 3.05) is 26.4 Å². The highest BCUT2D eigenvalue weighted by molar-refractivity contribution is 7.97. The lowest BCUT2D eigenvalue weighted by atomic mass is 9.72. The van der Waals surface area contributed by atoms with Crippen LogP contribution in [0.4, 0.5) is 0 Å². The van der Waals surface area contributed by atoms with E-state index in [4.69, 9.17) is 14.2 Å². The molecule has 0 radical (unpaired) electrons. The Balaban J connectivity index is 2.09. The Morgan fingerprint density at radius 3 is 1.25 bits per heavy atom. The Labute approximate surface area is 347 Å². The Hall–Kier alpha value is -2.32. The van der Waals surface area contributed by atoms with Crippen LogP contribution in [0, 0.1) is 22.7 Å². The summed E-state index contributed by atoms with van der Waals surface area (Å²) in [4.78, 5) is 81.2. The molecule has 2 aromatic heterocycles. The molecule has 0 aliphatic carbocycles. The lowest BCUT2D eigenvalue weighted by molar-refractivity contribution is -0.154. The smallest absolute Gasteiger partial charge is 0.310 e. The van der Waals surface area contributed by atoms with Crippen molar-refractivity contribution in [1.29, 1.82) is 0 Å². The zero-order valence-electron chi connectivity index (χ0n) is 33.1. The van der Waals surface area contributed by atoms with E-state index in [-0.39, 0.29) is 39.3 Å². The lowest BCUT2D eigenvalue weighted by Crippen LogP contribution is -2.45. The summed E-state index contributed by atoms with van der Waals surface area (Å²) in [6, 6.07) is 6.69. The number of hydrogen-bond donors (Lipinski definition) is 2. The maximum Gasteiger partial charge on any atom is 0.310 e. The molecule has 0 fully saturated rings. The van der Waals surface area contributed by atoms with Crippen molar-refractivity contribution in [2.24, 2.45) is 22.7 Å². The van der Waals surface area contributed by atoms with E-state index in [0.717, 1.165) is 64.2 Å². The van der Waals surface area contributed by atoms with E-state index < -0.39 is 56.4 Å². The molecule has 0 saturated carbocycles. The minimum Gasteiger partial charge on any atom is -0.465 e. The molecule has 4 atom stereocenters. The fourth-order valence-electron chi connectivity index (χ4n) is 6.61. The van der Waals surface area contributed by atoms with Crippen molar-refractivity contribution in [3.05, 3.63) is 44.8 Å². The number of hydrogen-bond acceptors (Lipinski definition) is 11. The molecule has 0 aliphatic heterocycles. The third-order valence-corrected chi connectivity index (χ3v) is 13.0. The van der Waals surface area contributed by atoms with Crippen LogP contribution in [0.5, 0.6) is 0 Å². The standard InChI is InChI=1S/C42H62O9S4/c1-5-7-9-11-13-15-27-50-37(45)31(41(3,39(47)52)35(43)33-23-19-29-54-33)21-17-25-49-26-18-22-32(38(46)51-28-16-14-12-10-8-6-2)42(4,40(48)53)36(44)34-24-20-30-55-34/h19-20,23-24,29-32H,5-18,21-22,25-28H2,1-4H3,(H,47,52)(H,48,53). The summed E-state index contributed by atoms with van der Waals surface area (Å²) in [5.41, 5.74) is -3.48. The SMILES string of the molecule is CCCCCCCCOC(=O)C(CCCOCCCC(C(=O)OCCCCCCCC)C(C)(C(=O)S)C(=O)c1cccs1)C(C)(C(=O)S)C(=O)c1cccs1. The van der Waals surface area contributed by atoms with Crippen molar-refractivity contribution >= 4 is 81.7 Å². The van der Waals surface area contributed by atoms with Gasteiger partial charge in [-0.05, 0) is 75.3 Å². The second kappa shape index (κ2) is 26.6. The fraction of sp³-hybridized carbons (Fsp3) is 0.667. The molecule has 0 aromatic carbocycles. The number of rotatable bonds is 32. The Morgan fingerprint density at radius 2 is 0.927 bits per heavy atom. The molecule has 0 spiro atoms. The van der Waals surface area contributed by atoms with Crippen LogP contribution in [0.2, 0.25) is 0 Å². The molecule has 2 rings (SSSR count). The Morgan fingerprint density at radius 1 is 0.564 bits per heavy atom. The Kier molecular flexibility index (Phi) is 23.6. The summed E-state index contributed by atoms with van der Waals surface area (Å²) in [6.07, 6.45) is 13.1. The van der Waals surface area contributed by atoms with Gasteiger partial charge in [0.25, 0.3) is 0 Å².